The molecule has 0 atom stereocenters. The topological polar surface area (TPSA) is 81.5 Å². The number of carbonyl (C=O) groups is 1. The van der Waals surface area contributed by atoms with E-state index in [0.29, 0.717) is 30.2 Å². The van der Waals surface area contributed by atoms with Crippen LogP contribution in [0.15, 0.2) is 53.9 Å². The third-order valence-corrected chi connectivity index (χ3v) is 5.86. The van der Waals surface area contributed by atoms with E-state index >= 15 is 0 Å². The van der Waals surface area contributed by atoms with Crippen LogP contribution >= 0.6 is 11.3 Å². The number of nitriles is 1. The molecule has 7 nitrogen and oxygen atoms in total. The first-order chi connectivity index (χ1) is 15.1. The van der Waals surface area contributed by atoms with E-state index in [4.69, 9.17) is 10.00 Å². The van der Waals surface area contributed by atoms with E-state index in [9.17, 15) is 4.79 Å². The minimum atomic E-state index is -0.0927. The fourth-order valence-corrected chi connectivity index (χ4v) is 3.97. The van der Waals surface area contributed by atoms with Crippen LogP contribution < -0.4 is 10.1 Å². The average Bonchev–Trinajstić information content (AvgIpc) is 3.20. The summed E-state index contributed by atoms with van der Waals surface area (Å²) >= 11 is 1.67. The number of nitrogens with zero attached hydrogens (tertiary/aromatic N) is 4. The summed E-state index contributed by atoms with van der Waals surface area (Å²) in [4.78, 5) is 21.3. The van der Waals surface area contributed by atoms with Gasteiger partial charge in [0.15, 0.2) is 0 Å². The first-order valence-electron chi connectivity index (χ1n) is 10.1. The number of hydrogen-bond donors (Lipinski definition) is 1. The summed E-state index contributed by atoms with van der Waals surface area (Å²) in [6.07, 6.45) is 0. The second-order valence-electron chi connectivity index (χ2n) is 7.31. The Morgan fingerprint density at radius 2 is 1.74 bits per heavy atom. The van der Waals surface area contributed by atoms with Crippen molar-refractivity contribution in [3.8, 4) is 17.6 Å². The molecule has 1 saturated heterocycles. The number of nitrogens with one attached hydrogen (secondary N) is 1. The predicted octanol–water partition coefficient (Wildman–Crippen LogP) is 4.47. The van der Waals surface area contributed by atoms with Crippen LogP contribution in [0.2, 0.25) is 0 Å². The summed E-state index contributed by atoms with van der Waals surface area (Å²) in [5, 5.41) is 15.0. The summed E-state index contributed by atoms with van der Waals surface area (Å²) in [5.41, 5.74) is 2.41. The van der Waals surface area contributed by atoms with Crippen LogP contribution in [0.4, 0.5) is 10.5 Å². The number of aromatic nitrogens is 1. The van der Waals surface area contributed by atoms with E-state index in [1.165, 1.54) is 0 Å². The summed E-state index contributed by atoms with van der Waals surface area (Å²) in [5.74, 6) is 1.31. The van der Waals surface area contributed by atoms with Gasteiger partial charge >= 0.3 is 6.03 Å². The van der Waals surface area contributed by atoms with Gasteiger partial charge in [-0.1, -0.05) is 0 Å². The van der Waals surface area contributed by atoms with E-state index in [1.54, 1.807) is 35.6 Å². The van der Waals surface area contributed by atoms with Crippen LogP contribution in [-0.2, 0) is 6.54 Å². The summed E-state index contributed by atoms with van der Waals surface area (Å²) < 4.78 is 5.77. The molecule has 2 heterocycles. The highest BCUT2D eigenvalue weighted by atomic mass is 32.1. The van der Waals surface area contributed by atoms with Crippen LogP contribution in [0.5, 0.6) is 11.5 Å². The van der Waals surface area contributed by atoms with Crippen molar-refractivity contribution in [3.63, 3.8) is 0 Å². The van der Waals surface area contributed by atoms with Gasteiger partial charge in [-0.25, -0.2) is 9.78 Å². The number of amides is 2. The van der Waals surface area contributed by atoms with Gasteiger partial charge in [0.25, 0.3) is 0 Å². The SMILES string of the molecule is Cc1nc(CN2CCN(C(=O)Nc3ccc(Oc4ccc(C#N)cc4)cc3)CC2)cs1. The lowest BCUT2D eigenvalue weighted by Gasteiger charge is -2.34. The maximum atomic E-state index is 12.6. The zero-order valence-corrected chi connectivity index (χ0v) is 18.1. The molecule has 1 fully saturated rings. The Labute approximate surface area is 185 Å². The van der Waals surface area contributed by atoms with Gasteiger partial charge in [0.05, 0.1) is 22.3 Å². The van der Waals surface area contributed by atoms with Crippen molar-refractivity contribution in [1.82, 2.24) is 14.8 Å². The van der Waals surface area contributed by atoms with Crippen molar-refractivity contribution in [2.45, 2.75) is 13.5 Å². The molecule has 0 spiro atoms. The van der Waals surface area contributed by atoms with Gasteiger partial charge in [0.2, 0.25) is 0 Å². The van der Waals surface area contributed by atoms with Crippen LogP contribution in [0.25, 0.3) is 0 Å². The van der Waals surface area contributed by atoms with Gasteiger partial charge < -0.3 is 15.0 Å². The van der Waals surface area contributed by atoms with Gasteiger partial charge in [-0.15, -0.1) is 11.3 Å². The molecule has 0 unspecified atom stereocenters. The molecule has 2 aromatic carbocycles. The molecule has 1 aliphatic heterocycles. The Balaban J connectivity index is 1.25. The van der Waals surface area contributed by atoms with Crippen molar-refractivity contribution in [2.24, 2.45) is 0 Å². The van der Waals surface area contributed by atoms with E-state index in [2.05, 4.69) is 26.6 Å². The molecule has 0 saturated carbocycles. The molecule has 3 aromatic rings. The number of piperazine rings is 1. The van der Waals surface area contributed by atoms with Crippen LogP contribution in [0.3, 0.4) is 0 Å². The second kappa shape index (κ2) is 9.60. The normalized spacial score (nSPS) is 14.1. The number of anilines is 1. The van der Waals surface area contributed by atoms with Crippen molar-refractivity contribution >= 4 is 23.1 Å². The van der Waals surface area contributed by atoms with Crippen molar-refractivity contribution in [3.05, 3.63) is 70.2 Å². The standard InChI is InChI=1S/C23H23N5O2S/c1-17-25-20(16-31-17)15-27-10-12-28(13-11-27)23(29)26-19-4-8-22(9-5-19)30-21-6-2-18(14-24)3-7-21/h2-9,16H,10-13,15H2,1H3,(H,26,29). The van der Waals surface area contributed by atoms with Crippen LogP contribution in [-0.4, -0.2) is 47.0 Å². The molecule has 0 radical (unpaired) electrons. The van der Waals surface area contributed by atoms with Gasteiger partial charge in [0, 0.05) is 43.8 Å². The lowest BCUT2D eigenvalue weighted by atomic mass is 10.2. The number of hydrogen-bond acceptors (Lipinski definition) is 6. The maximum Gasteiger partial charge on any atom is 0.321 e. The van der Waals surface area contributed by atoms with E-state index in [-0.39, 0.29) is 6.03 Å². The van der Waals surface area contributed by atoms with Crippen LogP contribution in [0, 0.1) is 18.3 Å². The number of aryl methyl sites for hydroxylation is 1. The number of thiazole rings is 1. The van der Waals surface area contributed by atoms with E-state index < -0.39 is 0 Å². The highest BCUT2D eigenvalue weighted by Crippen LogP contribution is 2.23. The highest BCUT2D eigenvalue weighted by molar-refractivity contribution is 7.09. The molecule has 1 N–H and O–H groups in total. The minimum Gasteiger partial charge on any atom is -0.457 e. The molecule has 158 valence electrons. The quantitative estimate of drug-likeness (QED) is 0.642. The molecule has 8 heteroatoms. The lowest BCUT2D eigenvalue weighted by molar-refractivity contribution is 0.142. The number of benzene rings is 2. The van der Waals surface area contributed by atoms with E-state index in [0.717, 1.165) is 36.0 Å². The third-order valence-electron chi connectivity index (χ3n) is 5.04. The molecular formula is C23H23N5O2S. The molecule has 4 rings (SSSR count). The Morgan fingerprint density at radius 1 is 1.10 bits per heavy atom. The fourth-order valence-electron chi connectivity index (χ4n) is 3.36. The molecule has 2 amide bonds. The third kappa shape index (κ3) is 5.60. The number of urea groups is 1. The smallest absolute Gasteiger partial charge is 0.321 e. The van der Waals surface area contributed by atoms with Gasteiger partial charge in [-0.3, -0.25) is 4.90 Å². The van der Waals surface area contributed by atoms with Gasteiger partial charge in [-0.2, -0.15) is 5.26 Å². The van der Waals surface area contributed by atoms with Gasteiger partial charge in [0.1, 0.15) is 11.5 Å². The number of ether oxygens (including phenoxy) is 1. The zero-order valence-electron chi connectivity index (χ0n) is 17.2. The molecule has 0 aliphatic carbocycles. The predicted molar refractivity (Wildman–Crippen MR) is 120 cm³/mol. The van der Waals surface area contributed by atoms with Crippen LogP contribution in [0.1, 0.15) is 16.3 Å². The summed E-state index contributed by atoms with van der Waals surface area (Å²) in [6, 6.07) is 16.2. The maximum absolute atomic E-state index is 12.6. The second-order valence-corrected chi connectivity index (χ2v) is 8.38. The molecule has 0 bridgehead atoms. The lowest BCUT2D eigenvalue weighted by Crippen LogP contribution is -2.49. The Hall–Kier alpha value is -3.41. The van der Waals surface area contributed by atoms with Crippen molar-refractivity contribution in [1.29, 1.82) is 5.26 Å². The Morgan fingerprint density at radius 3 is 2.32 bits per heavy atom. The van der Waals surface area contributed by atoms with Gasteiger partial charge in [-0.05, 0) is 55.5 Å². The first-order valence-corrected chi connectivity index (χ1v) is 10.9. The molecular weight excluding hydrogens is 410 g/mol. The van der Waals surface area contributed by atoms with Crippen molar-refractivity contribution < 1.29 is 9.53 Å². The summed E-state index contributed by atoms with van der Waals surface area (Å²) in [6.45, 7) is 5.90. The monoisotopic (exact) mass is 433 g/mol. The molecule has 1 aliphatic rings. The summed E-state index contributed by atoms with van der Waals surface area (Å²) in [7, 11) is 0. The highest BCUT2D eigenvalue weighted by Gasteiger charge is 2.21. The Kier molecular flexibility index (Phi) is 6.46. The number of carbonyl (C=O) groups excluding carboxylic acids is 1. The fraction of sp³-hybridized carbons (Fsp3) is 0.261. The van der Waals surface area contributed by atoms with E-state index in [1.807, 2.05) is 36.1 Å². The average molecular weight is 434 g/mol. The Bertz CT molecular complexity index is 1060. The van der Waals surface area contributed by atoms with Crippen molar-refractivity contribution in [2.75, 3.05) is 31.5 Å². The largest absolute Gasteiger partial charge is 0.457 e. The zero-order chi connectivity index (χ0) is 21.6. The number of rotatable bonds is 5. The minimum absolute atomic E-state index is 0.0927. The first kappa shape index (κ1) is 20.8. The molecule has 1 aromatic heterocycles. The molecule has 31 heavy (non-hydrogen) atoms.